The molecule has 3 rings (SSSR count). The van der Waals surface area contributed by atoms with Gasteiger partial charge in [0.1, 0.15) is 5.82 Å². The molecule has 0 amide bonds. The number of unbranched alkanes of at least 4 members (excludes halogenated alkanes) is 3. The molecule has 2 aromatic carbocycles. The van der Waals surface area contributed by atoms with Crippen molar-refractivity contribution in [3.63, 3.8) is 0 Å². The first kappa shape index (κ1) is 24.7. The average molecular weight is 470 g/mol. The van der Waals surface area contributed by atoms with Crippen molar-refractivity contribution in [2.24, 2.45) is 0 Å². The first-order chi connectivity index (χ1) is 15.9. The number of ketones is 1. The third-order valence-corrected chi connectivity index (χ3v) is 6.10. The van der Waals surface area contributed by atoms with Gasteiger partial charge in [0.2, 0.25) is 0 Å². The lowest BCUT2D eigenvalue weighted by molar-refractivity contribution is -0.137. The summed E-state index contributed by atoms with van der Waals surface area (Å²) in [4.78, 5) is 24.0. The van der Waals surface area contributed by atoms with E-state index in [2.05, 4.69) is 6.58 Å². The van der Waals surface area contributed by atoms with Crippen LogP contribution in [0.5, 0.6) is 0 Å². The Morgan fingerprint density at radius 1 is 0.970 bits per heavy atom. The number of carbonyl (C=O) groups excluding carboxylic acids is 1. The number of benzene rings is 2. The molecule has 0 radical (unpaired) electrons. The number of hydrogen-bond donors (Lipinski definition) is 1. The number of carboxylic acid groups (broad SMARTS) is 1. The summed E-state index contributed by atoms with van der Waals surface area (Å²) < 4.78 is 15.0. The lowest BCUT2D eigenvalue weighted by Gasteiger charge is -2.09. The number of carboxylic acids is 1. The quantitative estimate of drug-likeness (QED) is 0.211. The first-order valence-corrected chi connectivity index (χ1v) is 11.7. The van der Waals surface area contributed by atoms with Crippen molar-refractivity contribution in [1.82, 2.24) is 4.57 Å². The number of carbonyl (C=O) groups is 2. The summed E-state index contributed by atoms with van der Waals surface area (Å²) in [5.41, 5.74) is 3.54. The Morgan fingerprint density at radius 3 is 2.33 bits per heavy atom. The van der Waals surface area contributed by atoms with E-state index in [0.29, 0.717) is 17.0 Å². The first-order valence-electron chi connectivity index (χ1n) is 11.3. The van der Waals surface area contributed by atoms with E-state index in [-0.39, 0.29) is 24.4 Å². The number of halogens is 2. The third-order valence-electron chi connectivity index (χ3n) is 5.87. The molecule has 1 N–H and O–H groups in total. The van der Waals surface area contributed by atoms with Crippen LogP contribution in [0.2, 0.25) is 5.02 Å². The maximum atomic E-state index is 13.1. The van der Waals surface area contributed by atoms with E-state index in [0.717, 1.165) is 60.7 Å². The molecule has 6 heteroatoms. The fraction of sp³-hybridized carbons (Fsp3) is 0.333. The standard InChI is InChI=1S/C27H29ClFNO3/c1-2-30-23-17-14-20(28)18-22(23)27(25(31)10-7-11-26(32)33)24(30)9-6-4-3-5-8-19-12-15-21(29)16-13-19/h2,12-18H,1,3-11H2,(H,32,33). The number of hydrogen-bond acceptors (Lipinski definition) is 2. The topological polar surface area (TPSA) is 59.3 Å². The van der Waals surface area contributed by atoms with Gasteiger partial charge in [0, 0.05) is 40.7 Å². The molecule has 0 fully saturated rings. The number of rotatable bonds is 13. The minimum atomic E-state index is -0.903. The smallest absolute Gasteiger partial charge is 0.303 e. The molecule has 0 aliphatic rings. The highest BCUT2D eigenvalue weighted by atomic mass is 35.5. The van der Waals surface area contributed by atoms with Crippen LogP contribution in [0, 0.1) is 5.82 Å². The van der Waals surface area contributed by atoms with Gasteiger partial charge in [-0.15, -0.1) is 0 Å². The van der Waals surface area contributed by atoms with E-state index >= 15 is 0 Å². The molecule has 174 valence electrons. The second-order valence-electron chi connectivity index (χ2n) is 8.25. The van der Waals surface area contributed by atoms with Crippen LogP contribution < -0.4 is 0 Å². The number of aromatic nitrogens is 1. The zero-order valence-corrected chi connectivity index (χ0v) is 19.4. The molecular weight excluding hydrogens is 441 g/mol. The Morgan fingerprint density at radius 2 is 1.67 bits per heavy atom. The molecule has 0 aliphatic heterocycles. The highest BCUT2D eigenvalue weighted by molar-refractivity contribution is 6.31. The van der Waals surface area contributed by atoms with Crippen LogP contribution in [0.3, 0.4) is 0 Å². The highest BCUT2D eigenvalue weighted by Gasteiger charge is 2.21. The van der Waals surface area contributed by atoms with E-state index in [1.54, 1.807) is 18.3 Å². The van der Waals surface area contributed by atoms with Gasteiger partial charge >= 0.3 is 5.97 Å². The molecule has 0 saturated carbocycles. The van der Waals surface area contributed by atoms with Crippen molar-refractivity contribution in [3.05, 3.63) is 76.7 Å². The Labute approximate surface area is 198 Å². The second kappa shape index (κ2) is 11.8. The second-order valence-corrected chi connectivity index (χ2v) is 8.68. The average Bonchev–Trinajstić information content (AvgIpc) is 3.09. The van der Waals surface area contributed by atoms with Crippen LogP contribution >= 0.6 is 11.6 Å². The minimum absolute atomic E-state index is 0.0318. The van der Waals surface area contributed by atoms with Crippen LogP contribution in [0.4, 0.5) is 4.39 Å². The zero-order valence-electron chi connectivity index (χ0n) is 18.7. The van der Waals surface area contributed by atoms with Gasteiger partial charge in [0.15, 0.2) is 5.78 Å². The maximum absolute atomic E-state index is 13.1. The fourth-order valence-electron chi connectivity index (χ4n) is 4.26. The molecule has 0 saturated heterocycles. The summed E-state index contributed by atoms with van der Waals surface area (Å²) >= 11 is 6.22. The zero-order chi connectivity index (χ0) is 23.8. The fourth-order valence-corrected chi connectivity index (χ4v) is 4.43. The van der Waals surface area contributed by atoms with E-state index in [1.807, 2.05) is 22.8 Å². The summed E-state index contributed by atoms with van der Waals surface area (Å²) in [6.07, 6.45) is 7.78. The number of aliphatic carboxylic acids is 1. The molecule has 4 nitrogen and oxygen atoms in total. The molecule has 1 heterocycles. The van der Waals surface area contributed by atoms with Crippen molar-refractivity contribution in [1.29, 1.82) is 0 Å². The van der Waals surface area contributed by atoms with Crippen molar-refractivity contribution >= 4 is 40.5 Å². The molecule has 0 aliphatic carbocycles. The predicted octanol–water partition coefficient (Wildman–Crippen LogP) is 7.32. The van der Waals surface area contributed by atoms with Crippen molar-refractivity contribution in [3.8, 4) is 0 Å². The van der Waals surface area contributed by atoms with Crippen molar-refractivity contribution < 1.29 is 19.1 Å². The largest absolute Gasteiger partial charge is 0.481 e. The minimum Gasteiger partial charge on any atom is -0.481 e. The van der Waals surface area contributed by atoms with Gasteiger partial charge in [-0.25, -0.2) is 4.39 Å². The molecule has 0 bridgehead atoms. The van der Waals surface area contributed by atoms with E-state index < -0.39 is 5.97 Å². The normalized spacial score (nSPS) is 11.1. The van der Waals surface area contributed by atoms with Crippen LogP contribution in [-0.4, -0.2) is 21.4 Å². The van der Waals surface area contributed by atoms with Gasteiger partial charge < -0.3 is 9.67 Å². The third kappa shape index (κ3) is 6.55. The van der Waals surface area contributed by atoms with Gasteiger partial charge in [-0.05, 0) is 68.0 Å². The number of fused-ring (bicyclic) bond motifs is 1. The lowest BCUT2D eigenvalue weighted by Crippen LogP contribution is -2.06. The van der Waals surface area contributed by atoms with Crippen molar-refractivity contribution in [2.75, 3.05) is 0 Å². The van der Waals surface area contributed by atoms with Gasteiger partial charge in [-0.2, -0.15) is 0 Å². The number of nitrogens with zero attached hydrogens (tertiary/aromatic N) is 1. The number of Topliss-reactive ketones (excluding diaryl/α,β-unsaturated/α-hetero) is 1. The summed E-state index contributed by atoms with van der Waals surface area (Å²) in [5, 5.41) is 10.2. The molecule has 1 aromatic heterocycles. The Hall–Kier alpha value is -2.92. The van der Waals surface area contributed by atoms with E-state index in [4.69, 9.17) is 16.7 Å². The summed E-state index contributed by atoms with van der Waals surface area (Å²) in [7, 11) is 0. The molecule has 3 aromatic rings. The highest BCUT2D eigenvalue weighted by Crippen LogP contribution is 2.32. The Balaban J connectivity index is 1.69. The van der Waals surface area contributed by atoms with Crippen LogP contribution in [0.1, 0.15) is 66.6 Å². The molecular formula is C27H29ClFNO3. The van der Waals surface area contributed by atoms with E-state index in [1.165, 1.54) is 12.1 Å². The molecule has 0 spiro atoms. The SMILES string of the molecule is C=Cn1c(CCCCCCc2ccc(F)cc2)c(C(=O)CCCC(=O)O)c2cc(Cl)ccc21. The summed E-state index contributed by atoms with van der Waals surface area (Å²) in [5.74, 6) is -1.18. The van der Waals surface area contributed by atoms with Crippen LogP contribution in [0.25, 0.3) is 17.1 Å². The monoisotopic (exact) mass is 469 g/mol. The summed E-state index contributed by atoms with van der Waals surface area (Å²) in [6, 6.07) is 12.1. The Kier molecular flexibility index (Phi) is 8.84. The summed E-state index contributed by atoms with van der Waals surface area (Å²) in [6.45, 7) is 3.93. The molecule has 0 atom stereocenters. The van der Waals surface area contributed by atoms with Crippen LogP contribution in [-0.2, 0) is 17.6 Å². The number of aryl methyl sites for hydroxylation is 1. The predicted molar refractivity (Wildman–Crippen MR) is 131 cm³/mol. The van der Waals surface area contributed by atoms with Crippen molar-refractivity contribution in [2.45, 2.75) is 57.8 Å². The van der Waals surface area contributed by atoms with Gasteiger partial charge in [-0.1, -0.05) is 43.2 Å². The van der Waals surface area contributed by atoms with Crippen LogP contribution in [0.15, 0.2) is 49.0 Å². The van der Waals surface area contributed by atoms with E-state index in [9.17, 15) is 14.0 Å². The van der Waals surface area contributed by atoms with Gasteiger partial charge in [0.25, 0.3) is 0 Å². The van der Waals surface area contributed by atoms with Gasteiger partial charge in [0.05, 0.1) is 5.52 Å². The lowest BCUT2D eigenvalue weighted by atomic mass is 9.98. The molecule has 33 heavy (non-hydrogen) atoms. The maximum Gasteiger partial charge on any atom is 0.303 e. The van der Waals surface area contributed by atoms with Gasteiger partial charge in [-0.3, -0.25) is 9.59 Å². The molecule has 0 unspecified atom stereocenters. The Bertz CT molecular complexity index is 1130.